The molecule has 1 aromatic carbocycles. The molecule has 2 aromatic rings. The molecule has 1 aromatic heterocycles. The molecular formula is C23H31N3O3. The standard InChI is InChI=1S/C23H31N3O3/c1-4-14-25(22(27)13-12-20-9-6-5-7-10-20)19-23(28)26(16-17-29-3)18-21-11-8-15-24(21)2/h5-13,15H,4,14,16-19H2,1-3H3/b13-12+. The highest BCUT2D eigenvalue weighted by molar-refractivity contribution is 5.94. The van der Waals surface area contributed by atoms with Gasteiger partial charge in [0.15, 0.2) is 0 Å². The lowest BCUT2D eigenvalue weighted by atomic mass is 10.2. The predicted molar refractivity (Wildman–Crippen MR) is 115 cm³/mol. The molecule has 29 heavy (non-hydrogen) atoms. The molecule has 0 aliphatic heterocycles. The number of aromatic nitrogens is 1. The number of methoxy groups -OCH3 is 1. The topological polar surface area (TPSA) is 54.8 Å². The summed E-state index contributed by atoms with van der Waals surface area (Å²) in [5.74, 6) is -0.243. The first-order valence-electron chi connectivity index (χ1n) is 9.94. The molecule has 0 fully saturated rings. The highest BCUT2D eigenvalue weighted by Crippen LogP contribution is 2.08. The Labute approximate surface area is 173 Å². The van der Waals surface area contributed by atoms with Crippen LogP contribution < -0.4 is 0 Å². The van der Waals surface area contributed by atoms with Crippen molar-refractivity contribution in [3.8, 4) is 0 Å². The third-order valence-electron chi connectivity index (χ3n) is 4.67. The summed E-state index contributed by atoms with van der Waals surface area (Å²) in [6.45, 7) is 4.00. The Kier molecular flexibility index (Phi) is 9.18. The van der Waals surface area contributed by atoms with Crippen molar-refractivity contribution in [2.45, 2.75) is 19.9 Å². The monoisotopic (exact) mass is 397 g/mol. The lowest BCUT2D eigenvalue weighted by Crippen LogP contribution is -2.43. The Morgan fingerprint density at radius 3 is 2.45 bits per heavy atom. The largest absolute Gasteiger partial charge is 0.383 e. The molecular weight excluding hydrogens is 366 g/mol. The Morgan fingerprint density at radius 2 is 1.83 bits per heavy atom. The summed E-state index contributed by atoms with van der Waals surface area (Å²) in [6, 6.07) is 13.6. The molecule has 2 amide bonds. The van der Waals surface area contributed by atoms with Crippen LogP contribution in [0.15, 0.2) is 54.7 Å². The molecule has 156 valence electrons. The molecule has 0 unspecified atom stereocenters. The molecule has 0 aliphatic rings. The van der Waals surface area contributed by atoms with Crippen molar-refractivity contribution in [2.75, 3.05) is 33.4 Å². The lowest BCUT2D eigenvalue weighted by Gasteiger charge is -2.27. The second kappa shape index (κ2) is 11.9. The average Bonchev–Trinajstić information content (AvgIpc) is 3.14. The van der Waals surface area contributed by atoms with E-state index in [1.807, 2.05) is 67.2 Å². The van der Waals surface area contributed by atoms with Crippen molar-refractivity contribution >= 4 is 17.9 Å². The van der Waals surface area contributed by atoms with E-state index in [1.165, 1.54) is 6.08 Å². The number of rotatable bonds is 11. The fourth-order valence-corrected chi connectivity index (χ4v) is 2.99. The van der Waals surface area contributed by atoms with Gasteiger partial charge in [-0.2, -0.15) is 0 Å². The van der Waals surface area contributed by atoms with Gasteiger partial charge in [0, 0.05) is 45.2 Å². The summed E-state index contributed by atoms with van der Waals surface area (Å²) in [6.07, 6.45) is 6.06. The number of hydrogen-bond donors (Lipinski definition) is 0. The van der Waals surface area contributed by atoms with Crippen LogP contribution in [0.2, 0.25) is 0 Å². The number of ether oxygens (including phenoxy) is 1. The summed E-state index contributed by atoms with van der Waals surface area (Å²) in [7, 11) is 3.57. The highest BCUT2D eigenvalue weighted by Gasteiger charge is 2.20. The fraction of sp³-hybridized carbons (Fsp3) is 0.391. The summed E-state index contributed by atoms with van der Waals surface area (Å²) in [5.41, 5.74) is 1.99. The van der Waals surface area contributed by atoms with Crippen molar-refractivity contribution in [1.29, 1.82) is 0 Å². The number of carbonyl (C=O) groups excluding carboxylic acids is 2. The maximum atomic E-state index is 13.0. The minimum absolute atomic E-state index is 0.0555. The van der Waals surface area contributed by atoms with Crippen LogP contribution in [-0.2, 0) is 27.9 Å². The van der Waals surface area contributed by atoms with E-state index in [1.54, 1.807) is 23.0 Å². The molecule has 0 N–H and O–H groups in total. The second-order valence-corrected chi connectivity index (χ2v) is 6.92. The fourth-order valence-electron chi connectivity index (χ4n) is 2.99. The minimum atomic E-state index is -0.158. The van der Waals surface area contributed by atoms with Crippen LogP contribution in [0.5, 0.6) is 0 Å². The maximum Gasteiger partial charge on any atom is 0.247 e. The number of carbonyl (C=O) groups is 2. The molecule has 0 spiro atoms. The van der Waals surface area contributed by atoms with Gasteiger partial charge in [0.2, 0.25) is 11.8 Å². The van der Waals surface area contributed by atoms with E-state index >= 15 is 0 Å². The van der Waals surface area contributed by atoms with Gasteiger partial charge in [-0.05, 0) is 30.2 Å². The lowest BCUT2D eigenvalue weighted by molar-refractivity contribution is -0.139. The first-order chi connectivity index (χ1) is 14.0. The van der Waals surface area contributed by atoms with Gasteiger partial charge in [-0.1, -0.05) is 37.3 Å². The Hall–Kier alpha value is -2.86. The van der Waals surface area contributed by atoms with E-state index in [-0.39, 0.29) is 18.4 Å². The van der Waals surface area contributed by atoms with E-state index in [9.17, 15) is 9.59 Å². The van der Waals surface area contributed by atoms with Crippen LogP contribution in [0.1, 0.15) is 24.6 Å². The van der Waals surface area contributed by atoms with Crippen molar-refractivity contribution < 1.29 is 14.3 Å². The van der Waals surface area contributed by atoms with E-state index in [0.29, 0.717) is 26.2 Å². The number of benzene rings is 1. The van der Waals surface area contributed by atoms with E-state index in [0.717, 1.165) is 17.7 Å². The first-order valence-corrected chi connectivity index (χ1v) is 9.94. The zero-order valence-electron chi connectivity index (χ0n) is 17.6. The van der Waals surface area contributed by atoms with Crippen LogP contribution in [0.4, 0.5) is 0 Å². The van der Waals surface area contributed by atoms with Gasteiger partial charge in [-0.3, -0.25) is 9.59 Å². The molecule has 6 nitrogen and oxygen atoms in total. The summed E-state index contributed by atoms with van der Waals surface area (Å²) in [5, 5.41) is 0. The summed E-state index contributed by atoms with van der Waals surface area (Å²) in [4.78, 5) is 29.0. The van der Waals surface area contributed by atoms with Gasteiger partial charge in [0.25, 0.3) is 0 Å². The molecule has 0 radical (unpaired) electrons. The molecule has 1 heterocycles. The predicted octanol–water partition coefficient (Wildman–Crippen LogP) is 2.95. The van der Waals surface area contributed by atoms with E-state index < -0.39 is 0 Å². The second-order valence-electron chi connectivity index (χ2n) is 6.92. The van der Waals surface area contributed by atoms with E-state index in [4.69, 9.17) is 4.74 Å². The third kappa shape index (κ3) is 7.23. The normalized spacial score (nSPS) is 11.0. The van der Waals surface area contributed by atoms with Crippen LogP contribution in [0.25, 0.3) is 6.08 Å². The van der Waals surface area contributed by atoms with Crippen LogP contribution in [0, 0.1) is 0 Å². The quantitative estimate of drug-likeness (QED) is 0.548. The third-order valence-corrected chi connectivity index (χ3v) is 4.67. The molecule has 6 heteroatoms. The van der Waals surface area contributed by atoms with Gasteiger partial charge < -0.3 is 19.1 Å². The number of nitrogens with zero attached hydrogens (tertiary/aromatic N) is 3. The van der Waals surface area contributed by atoms with Crippen molar-refractivity contribution in [2.24, 2.45) is 7.05 Å². The van der Waals surface area contributed by atoms with Gasteiger partial charge in [-0.25, -0.2) is 0 Å². The van der Waals surface area contributed by atoms with Crippen LogP contribution in [-0.4, -0.2) is 59.5 Å². The van der Waals surface area contributed by atoms with Gasteiger partial charge in [0.1, 0.15) is 6.54 Å². The van der Waals surface area contributed by atoms with Crippen LogP contribution >= 0.6 is 0 Å². The van der Waals surface area contributed by atoms with Gasteiger partial charge >= 0.3 is 0 Å². The van der Waals surface area contributed by atoms with Crippen LogP contribution in [0.3, 0.4) is 0 Å². The highest BCUT2D eigenvalue weighted by atomic mass is 16.5. The van der Waals surface area contributed by atoms with Gasteiger partial charge in [0.05, 0.1) is 13.2 Å². The van der Waals surface area contributed by atoms with Crippen molar-refractivity contribution in [1.82, 2.24) is 14.4 Å². The first kappa shape index (κ1) is 22.4. The Morgan fingerprint density at radius 1 is 1.07 bits per heavy atom. The maximum absolute atomic E-state index is 13.0. The molecule has 0 bridgehead atoms. The summed E-state index contributed by atoms with van der Waals surface area (Å²) >= 11 is 0. The Balaban J connectivity index is 2.06. The Bertz CT molecular complexity index is 799. The molecule has 0 atom stereocenters. The molecule has 0 aliphatic carbocycles. The smallest absolute Gasteiger partial charge is 0.247 e. The number of amides is 2. The molecule has 2 rings (SSSR count). The zero-order chi connectivity index (χ0) is 21.1. The molecule has 0 saturated carbocycles. The minimum Gasteiger partial charge on any atom is -0.383 e. The zero-order valence-corrected chi connectivity index (χ0v) is 17.6. The van der Waals surface area contributed by atoms with Crippen molar-refractivity contribution in [3.63, 3.8) is 0 Å². The van der Waals surface area contributed by atoms with Crippen molar-refractivity contribution in [3.05, 3.63) is 66.0 Å². The number of hydrogen-bond acceptors (Lipinski definition) is 3. The average molecular weight is 398 g/mol. The summed E-state index contributed by atoms with van der Waals surface area (Å²) < 4.78 is 7.16. The van der Waals surface area contributed by atoms with E-state index in [2.05, 4.69) is 0 Å². The number of aryl methyl sites for hydroxylation is 1. The molecule has 0 saturated heterocycles. The SMILES string of the molecule is CCCN(CC(=O)N(CCOC)Cc1cccn1C)C(=O)/C=C/c1ccccc1. The van der Waals surface area contributed by atoms with Gasteiger partial charge in [-0.15, -0.1) is 0 Å².